The average molecular weight is 514 g/mol. The lowest BCUT2D eigenvalue weighted by atomic mass is 10.1. The van der Waals surface area contributed by atoms with Crippen molar-refractivity contribution in [1.82, 2.24) is 14.4 Å². The van der Waals surface area contributed by atoms with Gasteiger partial charge in [-0.05, 0) is 41.0 Å². The maximum atomic E-state index is 13.3. The zero-order valence-electron chi connectivity index (χ0n) is 19.0. The topological polar surface area (TPSA) is 101 Å². The van der Waals surface area contributed by atoms with E-state index in [1.54, 1.807) is 6.07 Å². The van der Waals surface area contributed by atoms with Gasteiger partial charge in [0.15, 0.2) is 0 Å². The molecule has 35 heavy (non-hydrogen) atoms. The molecule has 10 heteroatoms. The molecule has 2 N–H and O–H groups in total. The summed E-state index contributed by atoms with van der Waals surface area (Å²) in [6, 6.07) is 13.7. The van der Waals surface area contributed by atoms with E-state index in [9.17, 15) is 13.2 Å². The Morgan fingerprint density at radius 1 is 1.17 bits per heavy atom. The van der Waals surface area contributed by atoms with Crippen LogP contribution in [0.4, 0.5) is 0 Å². The molecule has 8 nitrogen and oxygen atoms in total. The number of hydrogen-bond donors (Lipinski definition) is 2. The second-order valence-electron chi connectivity index (χ2n) is 8.07. The third-order valence-corrected chi connectivity index (χ3v) is 8.98. The molecule has 1 fully saturated rings. The van der Waals surface area contributed by atoms with Gasteiger partial charge in [-0.15, -0.1) is 17.9 Å². The van der Waals surface area contributed by atoms with Crippen molar-refractivity contribution in [3.05, 3.63) is 89.6 Å². The first-order valence-corrected chi connectivity index (χ1v) is 13.4. The maximum Gasteiger partial charge on any atom is 0.267 e. The summed E-state index contributed by atoms with van der Waals surface area (Å²) in [6.45, 7) is 8.05. The Morgan fingerprint density at radius 3 is 2.60 bits per heavy atom. The van der Waals surface area contributed by atoms with Gasteiger partial charge in [0.1, 0.15) is 5.25 Å². The number of ether oxygens (including phenoxy) is 1. The first kappa shape index (κ1) is 25.1. The Bertz CT molecular complexity index is 1300. The van der Waals surface area contributed by atoms with E-state index in [2.05, 4.69) is 35.7 Å². The van der Waals surface area contributed by atoms with Gasteiger partial charge in [0.25, 0.3) is 5.91 Å². The molecule has 1 saturated heterocycles. The summed E-state index contributed by atoms with van der Waals surface area (Å²) < 4.78 is 33.1. The van der Waals surface area contributed by atoms with E-state index in [4.69, 9.17) is 9.94 Å². The van der Waals surface area contributed by atoms with Crippen molar-refractivity contribution in [2.24, 2.45) is 0 Å². The highest BCUT2D eigenvalue weighted by Crippen LogP contribution is 2.36. The monoisotopic (exact) mass is 513 g/mol. The van der Waals surface area contributed by atoms with Crippen LogP contribution in [-0.2, 0) is 26.1 Å². The van der Waals surface area contributed by atoms with Crippen LogP contribution in [0.15, 0.2) is 73.6 Å². The lowest BCUT2D eigenvalue weighted by Crippen LogP contribution is -2.35. The van der Waals surface area contributed by atoms with E-state index in [-0.39, 0.29) is 0 Å². The van der Waals surface area contributed by atoms with Gasteiger partial charge in [0.2, 0.25) is 10.0 Å². The summed E-state index contributed by atoms with van der Waals surface area (Å²) in [7, 11) is -3.81. The third kappa shape index (κ3) is 5.98. The second kappa shape index (κ2) is 11.1. The average Bonchev–Trinajstić information content (AvgIpc) is 3.55. The smallest absolute Gasteiger partial charge is 0.267 e. The number of morpholine rings is 1. The highest BCUT2D eigenvalue weighted by Gasteiger charge is 2.27. The van der Waals surface area contributed by atoms with Crippen LogP contribution in [0.1, 0.15) is 21.3 Å². The normalized spacial score (nSPS) is 15.8. The Morgan fingerprint density at radius 2 is 1.91 bits per heavy atom. The van der Waals surface area contributed by atoms with Gasteiger partial charge in [-0.3, -0.25) is 18.9 Å². The fourth-order valence-corrected chi connectivity index (χ4v) is 6.71. The molecule has 3 aromatic rings. The molecule has 1 amide bonds. The minimum Gasteiger partial charge on any atom is -0.379 e. The summed E-state index contributed by atoms with van der Waals surface area (Å²) in [6.07, 6.45) is 6.77. The Balaban J connectivity index is 1.49. The quantitative estimate of drug-likeness (QED) is 0.196. The molecule has 4 rings (SSSR count). The largest absolute Gasteiger partial charge is 0.379 e. The molecule has 0 radical (unpaired) electrons. The number of hydroxylamine groups is 1. The molecule has 0 aliphatic carbocycles. The van der Waals surface area contributed by atoms with Crippen LogP contribution in [-0.4, -0.2) is 54.7 Å². The number of amides is 1. The number of nitrogens with one attached hydrogen (secondary N) is 1. The van der Waals surface area contributed by atoms with Crippen molar-refractivity contribution in [1.29, 1.82) is 0 Å². The molecule has 1 atom stereocenters. The number of rotatable bonds is 9. The zero-order valence-corrected chi connectivity index (χ0v) is 20.7. The maximum absolute atomic E-state index is 13.3. The minimum atomic E-state index is -3.81. The number of thiophene rings is 1. The summed E-state index contributed by atoms with van der Waals surface area (Å²) in [5.41, 5.74) is 4.25. The van der Waals surface area contributed by atoms with Crippen LogP contribution in [0.25, 0.3) is 16.5 Å². The van der Waals surface area contributed by atoms with Gasteiger partial charge in [-0.25, -0.2) is 13.9 Å². The van der Waals surface area contributed by atoms with Gasteiger partial charge in [0.05, 0.1) is 13.2 Å². The molecule has 1 aromatic carbocycles. The number of nitrogens with zero attached hydrogens (tertiary/aromatic N) is 2. The van der Waals surface area contributed by atoms with Crippen LogP contribution in [0, 0.1) is 0 Å². The zero-order chi connectivity index (χ0) is 24.8. The van der Waals surface area contributed by atoms with E-state index in [0.717, 1.165) is 53.3 Å². The molecule has 2 aromatic heterocycles. The first-order valence-electron chi connectivity index (χ1n) is 11.1. The van der Waals surface area contributed by atoms with E-state index >= 15 is 0 Å². The van der Waals surface area contributed by atoms with Crippen molar-refractivity contribution >= 4 is 33.3 Å². The SMILES string of the molecule is C=CC(c1ccc(-c2ccc(CN3CCOCC3)cc2)s1)S(=O)(=O)n1ccc(/C=C/C(=O)NO)c1. The second-order valence-corrected chi connectivity index (χ2v) is 11.1. The number of aromatic nitrogens is 1. The fraction of sp³-hybridized carbons (Fsp3) is 0.240. The lowest BCUT2D eigenvalue weighted by Gasteiger charge is -2.26. The van der Waals surface area contributed by atoms with E-state index in [0.29, 0.717) is 10.4 Å². The highest BCUT2D eigenvalue weighted by atomic mass is 32.2. The van der Waals surface area contributed by atoms with Gasteiger partial charge in [-0.2, -0.15) is 0 Å². The Hall–Kier alpha value is -3.02. The molecule has 3 heterocycles. The number of hydrogen-bond acceptors (Lipinski definition) is 7. The molecule has 1 aliphatic rings. The van der Waals surface area contributed by atoms with Crippen LogP contribution < -0.4 is 5.48 Å². The standard InChI is InChI=1S/C25H27N3O5S2/c1-2-24(35(31,32)28-12-11-20(18-28)5-10-25(29)26-30)23-9-8-22(34-23)21-6-3-19(4-7-21)17-27-13-15-33-16-14-27/h2-12,18,24,30H,1,13-17H2,(H,26,29)/b10-5+. The predicted molar refractivity (Wildman–Crippen MR) is 137 cm³/mol. The number of carbonyl (C=O) groups is 1. The van der Waals surface area contributed by atoms with Crippen molar-refractivity contribution in [3.63, 3.8) is 0 Å². The molecule has 0 spiro atoms. The van der Waals surface area contributed by atoms with Gasteiger partial charge >= 0.3 is 0 Å². The van der Waals surface area contributed by atoms with E-state index < -0.39 is 21.2 Å². The number of benzene rings is 1. The van der Waals surface area contributed by atoms with E-state index in [1.165, 1.54) is 46.9 Å². The summed E-state index contributed by atoms with van der Waals surface area (Å²) >= 11 is 1.42. The molecular weight excluding hydrogens is 486 g/mol. The highest BCUT2D eigenvalue weighted by molar-refractivity contribution is 7.90. The molecule has 0 saturated carbocycles. The van der Waals surface area contributed by atoms with Crippen LogP contribution in [0.5, 0.6) is 0 Å². The minimum absolute atomic E-state index is 0.504. The van der Waals surface area contributed by atoms with Crippen molar-refractivity contribution < 1.29 is 23.2 Å². The molecule has 0 bridgehead atoms. The summed E-state index contributed by atoms with van der Waals surface area (Å²) in [4.78, 5) is 15.2. The lowest BCUT2D eigenvalue weighted by molar-refractivity contribution is -0.124. The summed E-state index contributed by atoms with van der Waals surface area (Å²) in [5.74, 6) is -0.704. The van der Waals surface area contributed by atoms with Crippen LogP contribution in [0.3, 0.4) is 0 Å². The van der Waals surface area contributed by atoms with Crippen molar-refractivity contribution in [2.45, 2.75) is 11.8 Å². The van der Waals surface area contributed by atoms with E-state index in [1.807, 2.05) is 12.1 Å². The van der Waals surface area contributed by atoms with Gasteiger partial charge < -0.3 is 4.74 Å². The Labute approximate surface area is 208 Å². The van der Waals surface area contributed by atoms with Crippen molar-refractivity contribution in [3.8, 4) is 10.4 Å². The first-order chi connectivity index (χ1) is 16.9. The van der Waals surface area contributed by atoms with Crippen molar-refractivity contribution in [2.75, 3.05) is 26.3 Å². The number of carbonyl (C=O) groups excluding carboxylic acids is 1. The fourth-order valence-electron chi connectivity index (χ4n) is 3.83. The molecule has 1 aliphatic heterocycles. The third-order valence-electron chi connectivity index (χ3n) is 5.71. The predicted octanol–water partition coefficient (Wildman–Crippen LogP) is 3.67. The van der Waals surface area contributed by atoms with Crippen LogP contribution in [0.2, 0.25) is 0 Å². The Kier molecular flexibility index (Phi) is 7.99. The molecule has 184 valence electrons. The summed E-state index contributed by atoms with van der Waals surface area (Å²) in [5, 5.41) is 7.65. The van der Waals surface area contributed by atoms with Gasteiger partial charge in [0, 0.05) is 47.9 Å². The molecular formula is C25H27N3O5S2. The van der Waals surface area contributed by atoms with Crippen LogP contribution >= 0.6 is 11.3 Å². The molecule has 1 unspecified atom stereocenters. The van der Waals surface area contributed by atoms with Gasteiger partial charge in [-0.1, -0.05) is 30.3 Å².